The highest BCUT2D eigenvalue weighted by Crippen LogP contribution is 2.26. The van der Waals surface area contributed by atoms with Gasteiger partial charge in [-0.1, -0.05) is 0 Å². The lowest BCUT2D eigenvalue weighted by atomic mass is 9.88. The van der Waals surface area contributed by atoms with Crippen molar-refractivity contribution in [1.29, 1.82) is 0 Å². The normalized spacial score (nSPS) is 22.3. The number of likely N-dealkylation sites (tertiary alicyclic amines) is 1. The molecule has 0 aromatic carbocycles. The van der Waals surface area contributed by atoms with Crippen LogP contribution in [0.5, 0.6) is 0 Å². The molecule has 2 aliphatic rings. The van der Waals surface area contributed by atoms with Gasteiger partial charge in [0.1, 0.15) is 5.69 Å². The third kappa shape index (κ3) is 4.28. The van der Waals surface area contributed by atoms with E-state index in [1.54, 1.807) is 18.6 Å². The first-order valence-corrected chi connectivity index (χ1v) is 7.13. The van der Waals surface area contributed by atoms with Gasteiger partial charge in [0.25, 0.3) is 5.91 Å². The summed E-state index contributed by atoms with van der Waals surface area (Å²) in [6, 6.07) is 0.675. The van der Waals surface area contributed by atoms with Crippen LogP contribution in [-0.2, 0) is 0 Å². The number of aromatic nitrogens is 2. The van der Waals surface area contributed by atoms with Crippen LogP contribution in [0.1, 0.15) is 36.2 Å². The van der Waals surface area contributed by atoms with Gasteiger partial charge in [0, 0.05) is 31.5 Å². The number of carbonyl (C=O) groups excluding carboxylic acids is 1. The summed E-state index contributed by atoms with van der Waals surface area (Å²) in [5.41, 5.74) is 0.458. The third-order valence-electron chi connectivity index (χ3n) is 4.28. The fourth-order valence-electron chi connectivity index (χ4n) is 3.19. The summed E-state index contributed by atoms with van der Waals surface area (Å²) in [5, 5.41) is 3.58. The van der Waals surface area contributed by atoms with Crippen molar-refractivity contribution >= 4 is 30.7 Å². The number of hydrogen-bond donors (Lipinski definition) is 1. The van der Waals surface area contributed by atoms with Gasteiger partial charge in [-0.15, -0.1) is 24.8 Å². The Bertz CT molecular complexity index is 432. The lowest BCUT2D eigenvalue weighted by molar-refractivity contribution is 0.0668. The molecule has 0 radical (unpaired) electrons. The Hall–Kier alpha value is -0.910. The van der Waals surface area contributed by atoms with Crippen LogP contribution < -0.4 is 5.32 Å². The summed E-state index contributed by atoms with van der Waals surface area (Å²) in [6.45, 7) is 2.85. The van der Waals surface area contributed by atoms with E-state index < -0.39 is 0 Å². The second-order valence-electron chi connectivity index (χ2n) is 5.42. The highest BCUT2D eigenvalue weighted by Gasteiger charge is 2.30. The van der Waals surface area contributed by atoms with Crippen molar-refractivity contribution in [1.82, 2.24) is 20.2 Å². The average Bonchev–Trinajstić information content (AvgIpc) is 3.02. The number of piperidine rings is 1. The zero-order valence-electron chi connectivity index (χ0n) is 11.9. The maximum Gasteiger partial charge on any atom is 0.274 e. The van der Waals surface area contributed by atoms with Gasteiger partial charge in [-0.2, -0.15) is 0 Å². The van der Waals surface area contributed by atoms with Crippen molar-refractivity contribution in [3.05, 3.63) is 24.3 Å². The number of halogens is 2. The summed E-state index contributed by atoms with van der Waals surface area (Å²) >= 11 is 0. The Labute approximate surface area is 137 Å². The maximum absolute atomic E-state index is 12.2. The zero-order chi connectivity index (χ0) is 13.1. The van der Waals surface area contributed by atoms with Gasteiger partial charge >= 0.3 is 0 Å². The Balaban J connectivity index is 0.00000110. The third-order valence-corrected chi connectivity index (χ3v) is 4.28. The largest absolute Gasteiger partial charge is 0.337 e. The van der Waals surface area contributed by atoms with Crippen molar-refractivity contribution in [3.63, 3.8) is 0 Å². The Kier molecular flexibility index (Phi) is 7.35. The summed E-state index contributed by atoms with van der Waals surface area (Å²) in [5.74, 6) is 0.749. The van der Waals surface area contributed by atoms with Crippen molar-refractivity contribution in [3.8, 4) is 0 Å². The minimum absolute atomic E-state index is 0. The van der Waals surface area contributed by atoms with Crippen LogP contribution in [-0.4, -0.2) is 46.5 Å². The zero-order valence-corrected chi connectivity index (χ0v) is 13.5. The molecular formula is C14H22Cl2N4O. The van der Waals surface area contributed by atoms with Crippen LogP contribution in [0.15, 0.2) is 18.6 Å². The van der Waals surface area contributed by atoms with E-state index in [4.69, 9.17) is 0 Å². The molecule has 0 bridgehead atoms. The average molecular weight is 333 g/mol. The van der Waals surface area contributed by atoms with Crippen LogP contribution in [0.4, 0.5) is 0 Å². The van der Waals surface area contributed by atoms with Crippen LogP contribution in [0.25, 0.3) is 0 Å². The van der Waals surface area contributed by atoms with Gasteiger partial charge < -0.3 is 10.2 Å². The molecule has 0 aliphatic carbocycles. The van der Waals surface area contributed by atoms with Crippen LogP contribution in [0, 0.1) is 5.92 Å². The molecule has 3 heterocycles. The van der Waals surface area contributed by atoms with E-state index >= 15 is 0 Å². The number of rotatable bonds is 2. The van der Waals surface area contributed by atoms with Crippen molar-refractivity contribution < 1.29 is 4.79 Å². The lowest BCUT2D eigenvalue weighted by Crippen LogP contribution is -2.43. The van der Waals surface area contributed by atoms with Gasteiger partial charge in [0.15, 0.2) is 0 Å². The van der Waals surface area contributed by atoms with E-state index in [0.29, 0.717) is 11.7 Å². The molecule has 7 heteroatoms. The molecule has 0 saturated carbocycles. The highest BCUT2D eigenvalue weighted by atomic mass is 35.5. The van der Waals surface area contributed by atoms with E-state index in [1.807, 2.05) is 4.90 Å². The minimum Gasteiger partial charge on any atom is -0.337 e. The molecule has 0 spiro atoms. The predicted octanol–water partition coefficient (Wildman–Crippen LogP) is 1.92. The lowest BCUT2D eigenvalue weighted by Gasteiger charge is -2.34. The monoisotopic (exact) mass is 332 g/mol. The van der Waals surface area contributed by atoms with Crippen molar-refractivity contribution in [2.75, 3.05) is 19.6 Å². The second kappa shape index (κ2) is 8.51. The molecule has 5 nitrogen and oxygen atoms in total. The first-order chi connectivity index (χ1) is 9.34. The molecule has 2 fully saturated rings. The maximum atomic E-state index is 12.2. The molecule has 1 amide bonds. The molecule has 118 valence electrons. The Morgan fingerprint density at radius 1 is 1.19 bits per heavy atom. The van der Waals surface area contributed by atoms with Gasteiger partial charge in [0.05, 0.1) is 6.20 Å². The number of carbonyl (C=O) groups is 1. The van der Waals surface area contributed by atoms with Crippen molar-refractivity contribution in [2.24, 2.45) is 5.92 Å². The topological polar surface area (TPSA) is 58.1 Å². The van der Waals surface area contributed by atoms with E-state index in [1.165, 1.54) is 12.8 Å². The Morgan fingerprint density at radius 2 is 1.95 bits per heavy atom. The molecule has 1 unspecified atom stereocenters. The molecule has 1 aromatic heterocycles. The summed E-state index contributed by atoms with van der Waals surface area (Å²) < 4.78 is 0. The van der Waals surface area contributed by atoms with Crippen LogP contribution >= 0.6 is 24.8 Å². The molecule has 2 aliphatic heterocycles. The van der Waals surface area contributed by atoms with Crippen LogP contribution in [0.2, 0.25) is 0 Å². The molecule has 1 aromatic rings. The molecule has 3 rings (SSSR count). The molecular weight excluding hydrogens is 311 g/mol. The van der Waals surface area contributed by atoms with E-state index in [0.717, 1.165) is 38.4 Å². The summed E-state index contributed by atoms with van der Waals surface area (Å²) in [6.07, 6.45) is 9.50. The number of nitrogens with one attached hydrogen (secondary N) is 1. The number of nitrogens with zero attached hydrogens (tertiary/aromatic N) is 3. The minimum atomic E-state index is 0. The first kappa shape index (κ1) is 18.1. The van der Waals surface area contributed by atoms with E-state index in [-0.39, 0.29) is 30.7 Å². The molecule has 2 saturated heterocycles. The van der Waals surface area contributed by atoms with Gasteiger partial charge in [0.2, 0.25) is 0 Å². The van der Waals surface area contributed by atoms with Crippen LogP contribution in [0.3, 0.4) is 0 Å². The van der Waals surface area contributed by atoms with Crippen molar-refractivity contribution in [2.45, 2.75) is 31.7 Å². The van der Waals surface area contributed by atoms with E-state index in [9.17, 15) is 4.79 Å². The standard InChI is InChI=1S/C14H20N4O.2ClH/c19-14(13-10-15-6-7-17-13)18-8-3-11(4-9-18)12-2-1-5-16-12;;/h6-7,10-12,16H,1-5,8-9H2;2*1H. The summed E-state index contributed by atoms with van der Waals surface area (Å²) in [7, 11) is 0. The smallest absolute Gasteiger partial charge is 0.274 e. The Morgan fingerprint density at radius 3 is 2.52 bits per heavy atom. The first-order valence-electron chi connectivity index (χ1n) is 7.13. The number of amides is 1. The quantitative estimate of drug-likeness (QED) is 0.898. The second-order valence-corrected chi connectivity index (χ2v) is 5.42. The van der Waals surface area contributed by atoms with Gasteiger partial charge in [-0.25, -0.2) is 4.98 Å². The predicted molar refractivity (Wildman–Crippen MR) is 86.2 cm³/mol. The highest BCUT2D eigenvalue weighted by molar-refractivity contribution is 5.92. The molecule has 1 N–H and O–H groups in total. The van der Waals surface area contributed by atoms with Gasteiger partial charge in [-0.05, 0) is 38.1 Å². The SMILES string of the molecule is Cl.Cl.O=C(c1cnccn1)N1CCC(C2CCCN2)CC1. The molecule has 1 atom stereocenters. The van der Waals surface area contributed by atoms with Gasteiger partial charge in [-0.3, -0.25) is 9.78 Å². The fraction of sp³-hybridized carbons (Fsp3) is 0.643. The summed E-state index contributed by atoms with van der Waals surface area (Å²) in [4.78, 5) is 22.2. The number of hydrogen-bond acceptors (Lipinski definition) is 4. The fourth-order valence-corrected chi connectivity index (χ4v) is 3.19. The van der Waals surface area contributed by atoms with E-state index in [2.05, 4.69) is 15.3 Å². The molecule has 21 heavy (non-hydrogen) atoms.